The molecule has 0 unspecified atom stereocenters. The molecule has 3 nitrogen and oxygen atoms in total. The van der Waals surface area contributed by atoms with Gasteiger partial charge < -0.3 is 10.6 Å². The molecule has 0 saturated heterocycles. The summed E-state index contributed by atoms with van der Waals surface area (Å²) < 4.78 is 0. The lowest BCUT2D eigenvalue weighted by Crippen LogP contribution is -2.29. The maximum Gasteiger partial charge on any atom is 0.319 e. The molecule has 2 N–H and O–H groups in total. The fourth-order valence-corrected chi connectivity index (χ4v) is 2.87. The number of fused-ring (bicyclic) bond motifs is 1. The van der Waals surface area contributed by atoms with Crippen molar-refractivity contribution in [3.8, 4) is 0 Å². The van der Waals surface area contributed by atoms with Crippen LogP contribution in [0.2, 0.25) is 0 Å². The fourth-order valence-electron chi connectivity index (χ4n) is 1.85. The van der Waals surface area contributed by atoms with Crippen LogP contribution in [0, 0.1) is 0 Å². The lowest BCUT2D eigenvalue weighted by molar-refractivity contribution is 0.252. The first-order chi connectivity index (χ1) is 8.29. The van der Waals surface area contributed by atoms with Gasteiger partial charge in [-0.2, -0.15) is 0 Å². The highest BCUT2D eigenvalue weighted by Gasteiger charge is 2.10. The van der Waals surface area contributed by atoms with E-state index >= 15 is 0 Å². The van der Waals surface area contributed by atoms with Gasteiger partial charge in [-0.25, -0.2) is 4.79 Å². The van der Waals surface area contributed by atoms with Crippen LogP contribution < -0.4 is 10.6 Å². The lowest BCUT2D eigenvalue weighted by Gasteiger charge is -2.16. The largest absolute Gasteiger partial charge is 0.338 e. The van der Waals surface area contributed by atoms with Crippen molar-refractivity contribution in [2.75, 3.05) is 17.6 Å². The molecule has 2 amide bonds. The molecule has 1 aromatic carbocycles. The Balaban J connectivity index is 1.99. The number of hydrogen-bond acceptors (Lipinski definition) is 2. The third kappa shape index (κ3) is 3.40. The van der Waals surface area contributed by atoms with E-state index in [1.807, 2.05) is 24.8 Å². The van der Waals surface area contributed by atoms with E-state index < -0.39 is 0 Å². The summed E-state index contributed by atoms with van der Waals surface area (Å²) in [6.45, 7) is 2.75. The predicted octanol–water partition coefficient (Wildman–Crippen LogP) is 3.26. The third-order valence-electron chi connectivity index (χ3n) is 2.70. The van der Waals surface area contributed by atoms with Gasteiger partial charge in [-0.1, -0.05) is 6.92 Å². The first-order valence-electron chi connectivity index (χ1n) is 6.10. The summed E-state index contributed by atoms with van der Waals surface area (Å²) in [5.74, 6) is 1.21. The van der Waals surface area contributed by atoms with E-state index in [1.165, 1.54) is 22.6 Å². The average Bonchev–Trinajstić information content (AvgIpc) is 2.36. The van der Waals surface area contributed by atoms with Crippen LogP contribution in [0.1, 0.15) is 25.3 Å². The van der Waals surface area contributed by atoms with Gasteiger partial charge in [-0.3, -0.25) is 0 Å². The number of benzene rings is 1. The van der Waals surface area contributed by atoms with Crippen molar-refractivity contribution in [2.45, 2.75) is 31.1 Å². The molecule has 0 radical (unpaired) electrons. The molecule has 0 aromatic heterocycles. The summed E-state index contributed by atoms with van der Waals surface area (Å²) in [6.07, 6.45) is 3.30. The molecule has 0 aliphatic carbocycles. The highest BCUT2D eigenvalue weighted by molar-refractivity contribution is 7.99. The number of aryl methyl sites for hydroxylation is 1. The van der Waals surface area contributed by atoms with Gasteiger partial charge >= 0.3 is 6.03 Å². The second-order valence-corrected chi connectivity index (χ2v) is 5.29. The summed E-state index contributed by atoms with van der Waals surface area (Å²) in [4.78, 5) is 12.9. The van der Waals surface area contributed by atoms with E-state index in [1.54, 1.807) is 0 Å². The second-order valence-electron chi connectivity index (χ2n) is 4.16. The molecular formula is C13H18N2OS. The maximum absolute atomic E-state index is 11.5. The number of nitrogens with one attached hydrogen (secondary N) is 2. The molecule has 0 bridgehead atoms. The number of hydrogen-bond donors (Lipinski definition) is 2. The molecule has 0 atom stereocenters. The van der Waals surface area contributed by atoms with Crippen molar-refractivity contribution in [3.63, 3.8) is 0 Å². The highest BCUT2D eigenvalue weighted by Crippen LogP contribution is 2.31. The molecule has 0 fully saturated rings. The molecular weight excluding hydrogens is 232 g/mol. The van der Waals surface area contributed by atoms with Gasteiger partial charge in [-0.15, -0.1) is 11.8 Å². The number of amides is 2. The molecule has 1 aliphatic heterocycles. The Morgan fingerprint density at radius 3 is 3.18 bits per heavy atom. The van der Waals surface area contributed by atoms with Crippen LogP contribution in [0.4, 0.5) is 10.5 Å². The van der Waals surface area contributed by atoms with E-state index in [4.69, 9.17) is 0 Å². The maximum atomic E-state index is 11.5. The summed E-state index contributed by atoms with van der Waals surface area (Å²) in [7, 11) is 0. The summed E-state index contributed by atoms with van der Waals surface area (Å²) in [5.41, 5.74) is 2.24. The topological polar surface area (TPSA) is 41.1 Å². The van der Waals surface area contributed by atoms with Gasteiger partial charge in [0.1, 0.15) is 0 Å². The fraction of sp³-hybridized carbons (Fsp3) is 0.462. The Hall–Kier alpha value is -1.16. The van der Waals surface area contributed by atoms with Crippen LogP contribution in [-0.2, 0) is 6.42 Å². The van der Waals surface area contributed by atoms with Crippen molar-refractivity contribution < 1.29 is 4.79 Å². The third-order valence-corrected chi connectivity index (χ3v) is 3.90. The average molecular weight is 250 g/mol. The number of thioether (sulfide) groups is 1. The molecule has 1 heterocycles. The normalized spacial score (nSPS) is 13.9. The second kappa shape index (κ2) is 5.96. The predicted molar refractivity (Wildman–Crippen MR) is 72.8 cm³/mol. The Morgan fingerprint density at radius 1 is 1.47 bits per heavy atom. The van der Waals surface area contributed by atoms with Gasteiger partial charge in [0.25, 0.3) is 0 Å². The number of rotatable bonds is 3. The van der Waals surface area contributed by atoms with Crippen molar-refractivity contribution in [1.82, 2.24) is 5.32 Å². The summed E-state index contributed by atoms with van der Waals surface area (Å²) >= 11 is 1.90. The van der Waals surface area contributed by atoms with Gasteiger partial charge in [0, 0.05) is 17.1 Å². The highest BCUT2D eigenvalue weighted by atomic mass is 32.2. The standard InChI is InChI=1S/C13H18N2OS/c1-2-7-14-13(16)15-11-5-6-12-10(9-11)4-3-8-17-12/h5-6,9H,2-4,7-8H2,1H3,(H2,14,15,16). The van der Waals surface area contributed by atoms with Gasteiger partial charge in [0.15, 0.2) is 0 Å². The first-order valence-corrected chi connectivity index (χ1v) is 7.08. The molecule has 17 heavy (non-hydrogen) atoms. The number of carbonyl (C=O) groups excluding carboxylic acids is 1. The van der Waals surface area contributed by atoms with E-state index in [9.17, 15) is 4.79 Å². The number of carbonyl (C=O) groups is 1. The monoisotopic (exact) mass is 250 g/mol. The van der Waals surface area contributed by atoms with Crippen LogP contribution in [0.3, 0.4) is 0 Å². The molecule has 1 aliphatic rings. The van der Waals surface area contributed by atoms with E-state index in [0.29, 0.717) is 6.54 Å². The quantitative estimate of drug-likeness (QED) is 0.864. The van der Waals surface area contributed by atoms with Crippen molar-refractivity contribution >= 4 is 23.5 Å². The Bertz CT molecular complexity index is 406. The van der Waals surface area contributed by atoms with Crippen LogP contribution >= 0.6 is 11.8 Å². The Labute approximate surface area is 106 Å². The minimum Gasteiger partial charge on any atom is -0.338 e. The molecule has 0 spiro atoms. The molecule has 1 aromatic rings. The SMILES string of the molecule is CCCNC(=O)Nc1ccc2c(c1)CCCS2. The molecule has 4 heteroatoms. The number of anilines is 1. The zero-order chi connectivity index (χ0) is 12.1. The number of urea groups is 1. The Kier molecular flexibility index (Phi) is 4.31. The van der Waals surface area contributed by atoms with Crippen molar-refractivity contribution in [3.05, 3.63) is 23.8 Å². The van der Waals surface area contributed by atoms with Crippen molar-refractivity contribution in [2.24, 2.45) is 0 Å². The minimum atomic E-state index is -0.115. The van der Waals surface area contributed by atoms with Crippen molar-refractivity contribution in [1.29, 1.82) is 0 Å². The zero-order valence-electron chi connectivity index (χ0n) is 10.1. The molecule has 0 saturated carbocycles. The van der Waals surface area contributed by atoms with Crippen LogP contribution in [0.5, 0.6) is 0 Å². The first kappa shape index (κ1) is 12.3. The van der Waals surface area contributed by atoms with Crippen LogP contribution in [0.25, 0.3) is 0 Å². The molecule has 2 rings (SSSR count). The van der Waals surface area contributed by atoms with Gasteiger partial charge in [0.2, 0.25) is 0 Å². The zero-order valence-corrected chi connectivity index (χ0v) is 10.9. The van der Waals surface area contributed by atoms with E-state index in [-0.39, 0.29) is 6.03 Å². The lowest BCUT2D eigenvalue weighted by atomic mass is 10.1. The smallest absolute Gasteiger partial charge is 0.319 e. The molecule has 92 valence electrons. The Morgan fingerprint density at radius 2 is 2.35 bits per heavy atom. The van der Waals surface area contributed by atoms with E-state index in [2.05, 4.69) is 22.8 Å². The minimum absolute atomic E-state index is 0.115. The summed E-state index contributed by atoms with van der Waals surface area (Å²) in [6, 6.07) is 6.06. The van der Waals surface area contributed by atoms with Crippen LogP contribution in [0.15, 0.2) is 23.1 Å². The van der Waals surface area contributed by atoms with Gasteiger partial charge in [-0.05, 0) is 48.8 Å². The summed E-state index contributed by atoms with van der Waals surface area (Å²) in [5, 5.41) is 5.67. The van der Waals surface area contributed by atoms with Crippen LogP contribution in [-0.4, -0.2) is 18.3 Å². The van der Waals surface area contributed by atoms with Gasteiger partial charge in [0.05, 0.1) is 0 Å². The van der Waals surface area contributed by atoms with E-state index in [0.717, 1.165) is 18.5 Å².